The Hall–Kier alpha value is -2.63. The lowest BCUT2D eigenvalue weighted by Crippen LogP contribution is -2.21. The summed E-state index contributed by atoms with van der Waals surface area (Å²) in [5.41, 5.74) is 0.568. The Morgan fingerprint density at radius 3 is 2.54 bits per heavy atom. The zero-order valence-corrected chi connectivity index (χ0v) is 14.0. The number of halogens is 1. The molecule has 5 nitrogen and oxygen atoms in total. The van der Waals surface area contributed by atoms with Gasteiger partial charge in [-0.1, -0.05) is 0 Å². The fourth-order valence-corrected chi connectivity index (χ4v) is 2.05. The SMILES string of the molecule is CN(C)C(=O)c1ccc(NCCCCOc2ccc(F)cc2)nc1. The highest BCUT2D eigenvalue weighted by Crippen LogP contribution is 2.11. The van der Waals surface area contributed by atoms with E-state index >= 15 is 0 Å². The van der Waals surface area contributed by atoms with Crippen molar-refractivity contribution in [2.45, 2.75) is 12.8 Å². The molecule has 0 spiro atoms. The predicted molar refractivity (Wildman–Crippen MR) is 91.9 cm³/mol. The van der Waals surface area contributed by atoms with Gasteiger partial charge in [-0.2, -0.15) is 0 Å². The standard InChI is InChI=1S/C18H22FN3O2/c1-22(2)18(23)14-5-10-17(21-13-14)20-11-3-4-12-24-16-8-6-15(19)7-9-16/h5-10,13H,3-4,11-12H2,1-2H3,(H,20,21). The highest BCUT2D eigenvalue weighted by molar-refractivity contribution is 5.93. The Morgan fingerprint density at radius 1 is 1.17 bits per heavy atom. The molecule has 1 N–H and O–H groups in total. The number of pyridine rings is 1. The maximum Gasteiger partial charge on any atom is 0.254 e. The van der Waals surface area contributed by atoms with Gasteiger partial charge in [0.25, 0.3) is 5.91 Å². The molecule has 1 aromatic heterocycles. The van der Waals surface area contributed by atoms with Gasteiger partial charge in [0.05, 0.1) is 12.2 Å². The molecule has 0 bridgehead atoms. The summed E-state index contributed by atoms with van der Waals surface area (Å²) in [6.45, 7) is 1.35. The van der Waals surface area contributed by atoms with Gasteiger partial charge in [0.2, 0.25) is 0 Å². The molecule has 0 saturated carbocycles. The van der Waals surface area contributed by atoms with Crippen molar-refractivity contribution in [3.63, 3.8) is 0 Å². The van der Waals surface area contributed by atoms with E-state index in [4.69, 9.17) is 4.74 Å². The van der Waals surface area contributed by atoms with Crippen molar-refractivity contribution in [1.29, 1.82) is 0 Å². The summed E-state index contributed by atoms with van der Waals surface area (Å²) in [5, 5.41) is 3.20. The normalized spacial score (nSPS) is 10.3. The predicted octanol–water partition coefficient (Wildman–Crippen LogP) is 3.19. The van der Waals surface area contributed by atoms with Crippen LogP contribution in [-0.4, -0.2) is 43.0 Å². The van der Waals surface area contributed by atoms with E-state index in [1.165, 1.54) is 17.0 Å². The molecule has 1 heterocycles. The van der Waals surface area contributed by atoms with Crippen LogP contribution in [0.5, 0.6) is 5.75 Å². The lowest BCUT2D eigenvalue weighted by Gasteiger charge is -2.11. The van der Waals surface area contributed by atoms with Crippen LogP contribution in [-0.2, 0) is 0 Å². The average Bonchev–Trinajstić information content (AvgIpc) is 2.59. The van der Waals surface area contributed by atoms with Gasteiger partial charge in [-0.25, -0.2) is 9.37 Å². The van der Waals surface area contributed by atoms with E-state index in [2.05, 4.69) is 10.3 Å². The molecule has 0 aliphatic heterocycles. The van der Waals surface area contributed by atoms with Crippen molar-refractivity contribution in [2.24, 2.45) is 0 Å². The van der Waals surface area contributed by atoms with Gasteiger partial charge in [0.1, 0.15) is 17.4 Å². The van der Waals surface area contributed by atoms with Crippen LogP contribution >= 0.6 is 0 Å². The monoisotopic (exact) mass is 331 g/mol. The van der Waals surface area contributed by atoms with Gasteiger partial charge < -0.3 is 15.0 Å². The molecule has 0 saturated heterocycles. The number of unbranched alkanes of at least 4 members (excludes halogenated alkanes) is 1. The zero-order valence-electron chi connectivity index (χ0n) is 14.0. The van der Waals surface area contributed by atoms with Gasteiger partial charge in [-0.15, -0.1) is 0 Å². The maximum atomic E-state index is 12.8. The van der Waals surface area contributed by atoms with Crippen molar-refractivity contribution in [2.75, 3.05) is 32.6 Å². The first-order chi connectivity index (χ1) is 11.6. The summed E-state index contributed by atoms with van der Waals surface area (Å²) in [6, 6.07) is 9.56. The molecule has 0 aliphatic carbocycles. The maximum absolute atomic E-state index is 12.8. The first-order valence-electron chi connectivity index (χ1n) is 7.86. The van der Waals surface area contributed by atoms with E-state index in [-0.39, 0.29) is 11.7 Å². The molecule has 1 amide bonds. The number of anilines is 1. The zero-order chi connectivity index (χ0) is 17.4. The number of hydrogen-bond acceptors (Lipinski definition) is 4. The molecule has 6 heteroatoms. The van der Waals surface area contributed by atoms with Crippen LogP contribution in [0.3, 0.4) is 0 Å². The van der Waals surface area contributed by atoms with E-state index in [0.29, 0.717) is 17.9 Å². The van der Waals surface area contributed by atoms with Gasteiger partial charge in [-0.3, -0.25) is 4.79 Å². The molecular weight excluding hydrogens is 309 g/mol. The van der Waals surface area contributed by atoms with Crippen molar-refractivity contribution >= 4 is 11.7 Å². The molecular formula is C18H22FN3O2. The highest BCUT2D eigenvalue weighted by atomic mass is 19.1. The molecule has 128 valence electrons. The van der Waals surface area contributed by atoms with Crippen LogP contribution in [0.4, 0.5) is 10.2 Å². The van der Waals surface area contributed by atoms with E-state index in [0.717, 1.165) is 25.2 Å². The van der Waals surface area contributed by atoms with Crippen molar-refractivity contribution in [1.82, 2.24) is 9.88 Å². The molecule has 0 unspecified atom stereocenters. The highest BCUT2D eigenvalue weighted by Gasteiger charge is 2.07. The van der Waals surface area contributed by atoms with Crippen molar-refractivity contribution in [3.8, 4) is 5.75 Å². The fourth-order valence-electron chi connectivity index (χ4n) is 2.05. The number of rotatable bonds is 8. The summed E-state index contributed by atoms with van der Waals surface area (Å²) in [4.78, 5) is 17.5. The second kappa shape index (κ2) is 8.86. The second-order valence-electron chi connectivity index (χ2n) is 5.57. The third-order valence-electron chi connectivity index (χ3n) is 3.38. The topological polar surface area (TPSA) is 54.5 Å². The van der Waals surface area contributed by atoms with E-state index in [1.54, 1.807) is 44.6 Å². The largest absolute Gasteiger partial charge is 0.494 e. The van der Waals surface area contributed by atoms with E-state index in [1.807, 2.05) is 0 Å². The molecule has 0 radical (unpaired) electrons. The minimum atomic E-state index is -0.266. The number of nitrogens with zero attached hydrogens (tertiary/aromatic N) is 2. The number of carbonyl (C=O) groups excluding carboxylic acids is 1. The third-order valence-corrected chi connectivity index (χ3v) is 3.38. The molecule has 2 rings (SSSR count). The Kier molecular flexibility index (Phi) is 6.54. The smallest absolute Gasteiger partial charge is 0.254 e. The Balaban J connectivity index is 1.63. The summed E-state index contributed by atoms with van der Waals surface area (Å²) >= 11 is 0. The first-order valence-corrected chi connectivity index (χ1v) is 7.86. The van der Waals surface area contributed by atoms with Crippen LogP contribution in [0.25, 0.3) is 0 Å². The van der Waals surface area contributed by atoms with Crippen molar-refractivity contribution in [3.05, 3.63) is 54.0 Å². The van der Waals surface area contributed by atoms with Crippen LogP contribution < -0.4 is 10.1 Å². The second-order valence-corrected chi connectivity index (χ2v) is 5.57. The minimum absolute atomic E-state index is 0.0630. The van der Waals surface area contributed by atoms with Crippen LogP contribution in [0.1, 0.15) is 23.2 Å². The van der Waals surface area contributed by atoms with Crippen molar-refractivity contribution < 1.29 is 13.9 Å². The minimum Gasteiger partial charge on any atom is -0.494 e. The molecule has 0 atom stereocenters. The number of carbonyl (C=O) groups is 1. The van der Waals surface area contributed by atoms with Gasteiger partial charge in [-0.05, 0) is 49.2 Å². The fraction of sp³-hybridized carbons (Fsp3) is 0.333. The Bertz CT molecular complexity index is 642. The number of nitrogens with one attached hydrogen (secondary N) is 1. The summed E-state index contributed by atoms with van der Waals surface area (Å²) in [6.07, 6.45) is 3.37. The van der Waals surface area contributed by atoms with E-state index in [9.17, 15) is 9.18 Å². The Labute approximate surface area is 141 Å². The summed E-state index contributed by atoms with van der Waals surface area (Å²) in [5.74, 6) is 1.08. The number of benzene rings is 1. The molecule has 24 heavy (non-hydrogen) atoms. The molecule has 2 aromatic rings. The number of amides is 1. The number of aromatic nitrogens is 1. The van der Waals surface area contributed by atoms with Gasteiger partial charge >= 0.3 is 0 Å². The van der Waals surface area contributed by atoms with Gasteiger partial charge in [0, 0.05) is 26.8 Å². The quantitative estimate of drug-likeness (QED) is 0.755. The summed E-state index contributed by atoms with van der Waals surface area (Å²) in [7, 11) is 3.42. The van der Waals surface area contributed by atoms with Crippen LogP contribution in [0.15, 0.2) is 42.6 Å². The number of hydrogen-bond donors (Lipinski definition) is 1. The first kappa shape index (κ1) is 17.7. The van der Waals surface area contributed by atoms with E-state index < -0.39 is 0 Å². The lowest BCUT2D eigenvalue weighted by atomic mass is 10.2. The third kappa shape index (κ3) is 5.53. The van der Waals surface area contributed by atoms with Crippen LogP contribution in [0.2, 0.25) is 0 Å². The summed E-state index contributed by atoms with van der Waals surface area (Å²) < 4.78 is 18.3. The average molecular weight is 331 g/mol. The lowest BCUT2D eigenvalue weighted by molar-refractivity contribution is 0.0827. The molecule has 0 fully saturated rings. The Morgan fingerprint density at radius 2 is 1.92 bits per heavy atom. The molecule has 0 aliphatic rings. The molecule has 1 aromatic carbocycles. The van der Waals surface area contributed by atoms with Crippen LogP contribution in [0, 0.1) is 5.82 Å². The number of ether oxygens (including phenoxy) is 1. The van der Waals surface area contributed by atoms with Gasteiger partial charge in [0.15, 0.2) is 0 Å².